The van der Waals surface area contributed by atoms with Gasteiger partial charge in [0.1, 0.15) is 53.6 Å². The standard InChI is InChI=1S/C80H119F3N12O14/c1-17-21-23-30-59(91(13)67(98)45-62(73(103)88(10)19-3)93(15)66(97)43-53-28-25-26-29-53)70(100)86-69(52(6)18-2)76(106)90(12)48-68(99)92(14)60-31-24-22-27-40-94(75(60)105)63(41-54-34-32-51(5)33-35-54)74(104)89(11)47-65(96)85-58(39-37-55-36-38-57(80(81,82)83)64(42-55)108-16)72(102)95-46-56(109-20-4)44-61(95)71(101)87-79(77(107)84-9)49-78(7,8)50-79/h17,22,24,32-36,38,42,52-53,56,58-63,69H,1,18-21,23,25-31,37,39-41,43-50H2,2-16H3,(H,84,107)(H,85,96)(H,86,100)(H,87,101)/b24-22-/t52-,56+,58-,59?,60-,61-,62-,63?,69?/m0/s1. The van der Waals surface area contributed by atoms with Crippen molar-refractivity contribution in [2.24, 2.45) is 17.3 Å². The summed E-state index contributed by atoms with van der Waals surface area (Å²) in [5, 5.41) is 11.2. The van der Waals surface area contributed by atoms with Crippen LogP contribution < -0.4 is 26.0 Å². The number of amides is 12. The number of likely N-dealkylation sites (N-methyl/N-ethyl adjacent to an activating group) is 7. The average Bonchev–Trinajstić information content (AvgIpc) is 1.57. The minimum absolute atomic E-state index is 0.00608. The lowest BCUT2D eigenvalue weighted by Gasteiger charge is -2.52. The number of unbranched alkanes of at least 4 members (excludes halogenated alkanes) is 1. The van der Waals surface area contributed by atoms with Crippen LogP contribution in [-0.4, -0.2) is 260 Å². The van der Waals surface area contributed by atoms with Gasteiger partial charge in [-0.05, 0) is 132 Å². The summed E-state index contributed by atoms with van der Waals surface area (Å²) in [7, 11) is 11.3. The number of nitrogens with zero attached hydrogens (tertiary/aromatic N) is 8. The highest BCUT2D eigenvalue weighted by Crippen LogP contribution is 2.48. The van der Waals surface area contributed by atoms with Gasteiger partial charge in [0.2, 0.25) is 70.9 Å². The quantitative estimate of drug-likeness (QED) is 0.0421. The molecule has 2 heterocycles. The molecule has 0 aromatic heterocycles. The van der Waals surface area contributed by atoms with Crippen molar-refractivity contribution in [2.75, 3.05) is 95.8 Å². The van der Waals surface area contributed by atoms with Crippen LogP contribution in [0.3, 0.4) is 0 Å². The third-order valence-electron chi connectivity index (χ3n) is 22.1. The molecule has 1 saturated heterocycles. The number of hydrogen-bond acceptors (Lipinski definition) is 14. The summed E-state index contributed by atoms with van der Waals surface area (Å²) >= 11 is 0. The summed E-state index contributed by atoms with van der Waals surface area (Å²) in [6.07, 6.45) is 5.56. The zero-order chi connectivity index (χ0) is 81.0. The number of methoxy groups -OCH3 is 1. The number of ether oxygens (including phenoxy) is 2. The molecule has 29 heteroatoms. The van der Waals surface area contributed by atoms with Crippen LogP contribution in [0.1, 0.15) is 167 Å². The highest BCUT2D eigenvalue weighted by atomic mass is 19.4. The van der Waals surface area contributed by atoms with Gasteiger partial charge in [-0.25, -0.2) is 0 Å². The fourth-order valence-corrected chi connectivity index (χ4v) is 15.4. The molecule has 2 aromatic carbocycles. The maximum atomic E-state index is 15.4. The SMILES string of the molecule is C=CCCCC(C(=O)NC(C(=O)N(C)CC(=O)N(C)[C@H]1C/C=C\CCN(C(Cc2ccc(C)cc2)C(=O)N(C)CC(=O)N[C@@H](CCc2ccc(C(F)(F)F)c(OC)c2)C(=O)N2C[C@H](OCC)C[C@H]2C(=O)NC2(C(=O)NC)CC(C)(C)C2)C1=O)[C@@H](C)CC)N(C)C(=O)C[C@@H](C(=O)N(C)CC)N(C)C(=O)CC1CCCC1. The third-order valence-corrected chi connectivity index (χ3v) is 22.1. The summed E-state index contributed by atoms with van der Waals surface area (Å²) in [5.74, 6) is -7.97. The van der Waals surface area contributed by atoms with Gasteiger partial charge in [0.25, 0.3) is 0 Å². The molecule has 9 atom stereocenters. The first kappa shape index (κ1) is 89.0. The van der Waals surface area contributed by atoms with E-state index in [4.69, 9.17) is 9.47 Å². The van der Waals surface area contributed by atoms with E-state index in [1.54, 1.807) is 52.1 Å². The highest BCUT2D eigenvalue weighted by molar-refractivity contribution is 5.99. The average molecular weight is 1530 g/mol. The first-order chi connectivity index (χ1) is 51.4. The van der Waals surface area contributed by atoms with E-state index in [1.807, 2.05) is 45.9 Å². The van der Waals surface area contributed by atoms with E-state index in [0.29, 0.717) is 49.8 Å². The predicted molar refractivity (Wildman–Crippen MR) is 405 cm³/mol. The van der Waals surface area contributed by atoms with Crippen LogP contribution in [0.25, 0.3) is 0 Å². The fraction of sp³-hybridized carbons (Fsp3) is 0.650. The van der Waals surface area contributed by atoms with Crippen LogP contribution in [-0.2, 0) is 81.3 Å². The molecule has 0 spiro atoms. The highest BCUT2D eigenvalue weighted by Gasteiger charge is 2.57. The van der Waals surface area contributed by atoms with Gasteiger partial charge in [-0.2, -0.15) is 13.2 Å². The Morgan fingerprint density at radius 2 is 1.43 bits per heavy atom. The Bertz CT molecular complexity index is 3580. The number of rotatable bonds is 37. The Labute approximate surface area is 641 Å². The molecule has 3 unspecified atom stereocenters. The number of aryl methyl sites for hydroxylation is 2. The van der Waals surface area contributed by atoms with Crippen molar-refractivity contribution in [2.45, 2.75) is 224 Å². The summed E-state index contributed by atoms with van der Waals surface area (Å²) in [4.78, 5) is 185. The second kappa shape index (κ2) is 40.2. The first-order valence-corrected chi connectivity index (χ1v) is 38.3. The predicted octanol–water partition coefficient (Wildman–Crippen LogP) is 6.39. The van der Waals surface area contributed by atoms with E-state index >= 15 is 14.4 Å². The van der Waals surface area contributed by atoms with E-state index in [-0.39, 0.29) is 88.3 Å². The van der Waals surface area contributed by atoms with Crippen molar-refractivity contribution in [3.63, 3.8) is 0 Å². The Morgan fingerprint density at radius 1 is 0.789 bits per heavy atom. The Morgan fingerprint density at radius 3 is 2.03 bits per heavy atom. The number of likely N-dealkylation sites (tertiary alicyclic amines) is 1. The maximum Gasteiger partial charge on any atom is 0.419 e. The van der Waals surface area contributed by atoms with E-state index < -0.39 is 162 Å². The van der Waals surface area contributed by atoms with Crippen molar-refractivity contribution < 1.29 is 80.2 Å². The number of carbonyl (C=O) groups is 12. The zero-order valence-electron chi connectivity index (χ0n) is 66.7. The lowest BCUT2D eigenvalue weighted by atomic mass is 9.58. The number of benzene rings is 2. The third kappa shape index (κ3) is 23.6. The largest absolute Gasteiger partial charge is 0.496 e. The number of hydrogen-bond donors (Lipinski definition) is 4. The van der Waals surface area contributed by atoms with Gasteiger partial charge in [0.15, 0.2) is 0 Å². The molecule has 109 heavy (non-hydrogen) atoms. The smallest absolute Gasteiger partial charge is 0.419 e. The molecule has 4 N–H and O–H groups in total. The van der Waals surface area contributed by atoms with Crippen molar-refractivity contribution in [3.05, 3.63) is 89.5 Å². The molecule has 2 saturated carbocycles. The minimum Gasteiger partial charge on any atom is -0.496 e. The molecular formula is C80H119F3N12O14. The van der Waals surface area contributed by atoms with Gasteiger partial charge in [-0.1, -0.05) is 101 Å². The molecule has 2 aliphatic carbocycles. The summed E-state index contributed by atoms with van der Waals surface area (Å²) in [6, 6.07) is 1.85. The van der Waals surface area contributed by atoms with E-state index in [0.717, 1.165) is 54.2 Å². The molecule has 12 amide bonds. The normalized spacial score (nSPS) is 19.5. The second-order valence-corrected chi connectivity index (χ2v) is 30.9. The van der Waals surface area contributed by atoms with Crippen molar-refractivity contribution >= 4 is 70.9 Å². The van der Waals surface area contributed by atoms with Crippen LogP contribution in [0.5, 0.6) is 5.75 Å². The number of carbonyl (C=O) groups excluding carboxylic acids is 12. The fourth-order valence-electron chi connectivity index (χ4n) is 15.4. The van der Waals surface area contributed by atoms with E-state index in [9.17, 15) is 56.3 Å². The maximum absolute atomic E-state index is 15.4. The molecule has 0 radical (unpaired) electrons. The van der Waals surface area contributed by atoms with Crippen LogP contribution in [0, 0.1) is 24.2 Å². The second-order valence-electron chi connectivity index (χ2n) is 30.9. The molecule has 4 aliphatic rings. The van der Waals surface area contributed by atoms with Crippen molar-refractivity contribution in [1.29, 1.82) is 0 Å². The zero-order valence-corrected chi connectivity index (χ0v) is 66.7. The summed E-state index contributed by atoms with van der Waals surface area (Å²) in [6.45, 7) is 15.9. The molecule has 3 fully saturated rings. The van der Waals surface area contributed by atoms with Crippen LogP contribution in [0.2, 0.25) is 0 Å². The number of nitrogens with one attached hydrogen (secondary N) is 4. The Balaban J connectivity index is 1.23. The molecule has 0 bridgehead atoms. The van der Waals surface area contributed by atoms with Gasteiger partial charge >= 0.3 is 6.18 Å². The van der Waals surface area contributed by atoms with Gasteiger partial charge in [-0.15, -0.1) is 6.58 Å². The molecular weight excluding hydrogens is 1410 g/mol. The van der Waals surface area contributed by atoms with Crippen molar-refractivity contribution in [3.8, 4) is 5.75 Å². The molecule has 2 aliphatic heterocycles. The number of allylic oxidation sites excluding steroid dienone is 1. The van der Waals surface area contributed by atoms with Crippen LogP contribution >= 0.6 is 0 Å². The topological polar surface area (TPSA) is 297 Å². The monoisotopic (exact) mass is 1530 g/mol. The lowest BCUT2D eigenvalue weighted by molar-refractivity contribution is -0.152. The summed E-state index contributed by atoms with van der Waals surface area (Å²) in [5.41, 5.74) is -0.732. The van der Waals surface area contributed by atoms with E-state index in [2.05, 4.69) is 27.8 Å². The lowest BCUT2D eigenvalue weighted by Crippen LogP contribution is -2.69. The first-order valence-electron chi connectivity index (χ1n) is 38.3. The van der Waals surface area contributed by atoms with Crippen LogP contribution in [0.4, 0.5) is 13.2 Å². The van der Waals surface area contributed by atoms with E-state index in [1.165, 1.54) is 83.8 Å². The van der Waals surface area contributed by atoms with Gasteiger partial charge in [-0.3, -0.25) is 57.5 Å². The summed E-state index contributed by atoms with van der Waals surface area (Å²) < 4.78 is 53.3. The molecule has 2 aromatic rings. The van der Waals surface area contributed by atoms with Gasteiger partial charge < -0.3 is 69.9 Å². The Kier molecular flexibility index (Phi) is 32.8. The molecule has 26 nitrogen and oxygen atoms in total. The van der Waals surface area contributed by atoms with Gasteiger partial charge in [0, 0.05) is 94.8 Å². The van der Waals surface area contributed by atoms with Crippen molar-refractivity contribution in [1.82, 2.24) is 60.5 Å². The molecule has 604 valence electrons. The minimum atomic E-state index is -4.76. The number of halogens is 3. The number of alkyl halides is 3. The molecule has 6 rings (SSSR count). The van der Waals surface area contributed by atoms with Gasteiger partial charge in [0.05, 0.1) is 38.3 Å². The van der Waals surface area contributed by atoms with Crippen LogP contribution in [0.15, 0.2) is 67.3 Å². The Hall–Kier alpha value is -8.89.